The summed E-state index contributed by atoms with van der Waals surface area (Å²) in [5, 5.41) is 6.37. The highest BCUT2D eigenvalue weighted by Crippen LogP contribution is 2.38. The molecule has 4 aromatic rings. The summed E-state index contributed by atoms with van der Waals surface area (Å²) in [5.74, 6) is 0. The molecule has 184 valence electrons. The number of nitrogens with one attached hydrogen (secondary N) is 2. The Hall–Kier alpha value is -3.64. The standard InChI is InChI=1S/C23H18F6N4O2/c24-22(25,26)16-8-6-14(7-9-16)12-35-13-30-11-17-10-18(34)33-21(31-17)19(15-4-2-1-3-5-15)20(32-33)23(27,28)29/h1-10,30-31H,11-13H2. The first-order valence-electron chi connectivity index (χ1n) is 10.3. The maximum absolute atomic E-state index is 13.6. The second kappa shape index (κ2) is 9.55. The molecule has 0 saturated heterocycles. The van der Waals surface area contributed by atoms with Gasteiger partial charge in [0.25, 0.3) is 5.56 Å². The average molecular weight is 496 g/mol. The highest BCUT2D eigenvalue weighted by molar-refractivity contribution is 5.80. The van der Waals surface area contributed by atoms with E-state index in [9.17, 15) is 31.1 Å². The molecule has 0 bridgehead atoms. The lowest BCUT2D eigenvalue weighted by Crippen LogP contribution is -2.22. The van der Waals surface area contributed by atoms with Crippen molar-refractivity contribution in [2.45, 2.75) is 25.5 Å². The molecular weight excluding hydrogens is 478 g/mol. The fourth-order valence-electron chi connectivity index (χ4n) is 3.48. The number of aromatic amines is 1. The summed E-state index contributed by atoms with van der Waals surface area (Å²) >= 11 is 0. The van der Waals surface area contributed by atoms with Crippen molar-refractivity contribution in [1.29, 1.82) is 0 Å². The Morgan fingerprint density at radius 2 is 1.63 bits per heavy atom. The Morgan fingerprint density at radius 3 is 2.26 bits per heavy atom. The number of halogens is 6. The Bertz CT molecular complexity index is 1360. The third-order valence-electron chi connectivity index (χ3n) is 5.07. The number of hydrogen-bond acceptors (Lipinski definition) is 4. The van der Waals surface area contributed by atoms with E-state index < -0.39 is 29.2 Å². The van der Waals surface area contributed by atoms with Crippen LogP contribution in [0.4, 0.5) is 26.3 Å². The lowest BCUT2D eigenvalue weighted by atomic mass is 10.1. The molecule has 35 heavy (non-hydrogen) atoms. The van der Waals surface area contributed by atoms with Crippen LogP contribution in [0.1, 0.15) is 22.5 Å². The minimum absolute atomic E-state index is 0.0210. The first-order chi connectivity index (χ1) is 16.5. The summed E-state index contributed by atoms with van der Waals surface area (Å²) in [5.41, 5.74) is -1.95. The molecule has 0 saturated carbocycles. The Kier molecular flexibility index (Phi) is 6.68. The zero-order valence-corrected chi connectivity index (χ0v) is 17.9. The van der Waals surface area contributed by atoms with Crippen molar-refractivity contribution in [2.24, 2.45) is 0 Å². The van der Waals surface area contributed by atoms with Gasteiger partial charge in [0.05, 0.1) is 24.5 Å². The number of rotatable bonds is 7. The number of H-pyrrole nitrogens is 1. The molecule has 0 aliphatic heterocycles. The zero-order valence-electron chi connectivity index (χ0n) is 17.9. The van der Waals surface area contributed by atoms with E-state index in [0.29, 0.717) is 15.8 Å². The Labute approximate surface area is 194 Å². The average Bonchev–Trinajstić information content (AvgIpc) is 3.20. The number of nitrogens with zero attached hydrogens (tertiary/aromatic N) is 2. The molecule has 0 aliphatic rings. The van der Waals surface area contributed by atoms with E-state index >= 15 is 0 Å². The quantitative estimate of drug-likeness (QED) is 0.215. The lowest BCUT2D eigenvalue weighted by molar-refractivity contribution is -0.141. The summed E-state index contributed by atoms with van der Waals surface area (Å²) in [6.07, 6.45) is -9.20. The van der Waals surface area contributed by atoms with Gasteiger partial charge in [0.15, 0.2) is 5.69 Å². The molecule has 0 radical (unpaired) electrons. The largest absolute Gasteiger partial charge is 0.435 e. The molecule has 0 unspecified atom stereocenters. The van der Waals surface area contributed by atoms with Crippen LogP contribution in [0.15, 0.2) is 65.5 Å². The summed E-state index contributed by atoms with van der Waals surface area (Å²) in [6, 6.07) is 13.4. The van der Waals surface area contributed by atoms with Crippen LogP contribution in [0.3, 0.4) is 0 Å². The van der Waals surface area contributed by atoms with E-state index in [-0.39, 0.29) is 36.7 Å². The zero-order chi connectivity index (χ0) is 25.2. The van der Waals surface area contributed by atoms with Gasteiger partial charge in [-0.25, -0.2) is 0 Å². The van der Waals surface area contributed by atoms with Crippen molar-refractivity contribution < 1.29 is 31.1 Å². The van der Waals surface area contributed by atoms with Crippen molar-refractivity contribution in [3.05, 3.63) is 93.5 Å². The summed E-state index contributed by atoms with van der Waals surface area (Å²) in [7, 11) is 0. The Morgan fingerprint density at radius 1 is 0.943 bits per heavy atom. The second-order valence-corrected chi connectivity index (χ2v) is 7.59. The normalized spacial score (nSPS) is 12.4. The van der Waals surface area contributed by atoms with Crippen LogP contribution < -0.4 is 10.9 Å². The van der Waals surface area contributed by atoms with Crippen LogP contribution in [0.2, 0.25) is 0 Å². The van der Waals surface area contributed by atoms with Crippen molar-refractivity contribution in [2.75, 3.05) is 6.73 Å². The monoisotopic (exact) mass is 496 g/mol. The minimum Gasteiger partial charge on any atom is -0.362 e. The molecule has 0 fully saturated rings. The van der Waals surface area contributed by atoms with Gasteiger partial charge < -0.3 is 9.72 Å². The number of fused-ring (bicyclic) bond motifs is 1. The van der Waals surface area contributed by atoms with Gasteiger partial charge in [-0.05, 0) is 23.3 Å². The predicted octanol–water partition coefficient (Wildman–Crippen LogP) is 4.99. The third-order valence-corrected chi connectivity index (χ3v) is 5.07. The van der Waals surface area contributed by atoms with Gasteiger partial charge in [-0.3, -0.25) is 10.1 Å². The van der Waals surface area contributed by atoms with E-state index in [1.807, 2.05) is 0 Å². The van der Waals surface area contributed by atoms with E-state index in [0.717, 1.165) is 18.2 Å². The van der Waals surface area contributed by atoms with Gasteiger partial charge in [0, 0.05) is 18.3 Å². The molecule has 0 atom stereocenters. The van der Waals surface area contributed by atoms with Crippen molar-refractivity contribution in [3.8, 4) is 11.1 Å². The Balaban J connectivity index is 1.47. The number of alkyl halides is 6. The van der Waals surface area contributed by atoms with Gasteiger partial charge >= 0.3 is 12.4 Å². The van der Waals surface area contributed by atoms with Gasteiger partial charge in [-0.1, -0.05) is 42.5 Å². The number of ether oxygens (including phenoxy) is 1. The molecular formula is C23H18F6N4O2. The molecule has 2 heterocycles. The molecule has 2 aromatic heterocycles. The number of hydrogen-bond donors (Lipinski definition) is 2. The van der Waals surface area contributed by atoms with Gasteiger partial charge in [0.1, 0.15) is 5.65 Å². The van der Waals surface area contributed by atoms with Crippen LogP contribution in [0, 0.1) is 0 Å². The summed E-state index contributed by atoms with van der Waals surface area (Å²) in [6.45, 7) is 0.0722. The van der Waals surface area contributed by atoms with Crippen LogP contribution >= 0.6 is 0 Å². The van der Waals surface area contributed by atoms with Crippen molar-refractivity contribution in [1.82, 2.24) is 19.9 Å². The first kappa shape index (κ1) is 24.5. The van der Waals surface area contributed by atoms with E-state index in [1.165, 1.54) is 24.3 Å². The molecule has 2 aromatic carbocycles. The van der Waals surface area contributed by atoms with E-state index in [1.54, 1.807) is 18.2 Å². The fraction of sp³-hybridized carbons (Fsp3) is 0.217. The van der Waals surface area contributed by atoms with E-state index in [4.69, 9.17) is 4.74 Å². The third kappa shape index (κ3) is 5.54. The van der Waals surface area contributed by atoms with Gasteiger partial charge in [-0.2, -0.15) is 36.0 Å². The SMILES string of the molecule is O=c1cc(CNCOCc2ccc(C(F)(F)F)cc2)[nH]c2c(-c3ccccc3)c(C(F)(F)F)nn12. The number of benzene rings is 2. The van der Waals surface area contributed by atoms with Gasteiger partial charge in [0.2, 0.25) is 0 Å². The van der Waals surface area contributed by atoms with Crippen molar-refractivity contribution in [3.63, 3.8) is 0 Å². The molecule has 12 heteroatoms. The first-order valence-corrected chi connectivity index (χ1v) is 10.3. The molecule has 2 N–H and O–H groups in total. The van der Waals surface area contributed by atoms with Crippen LogP contribution in [0.5, 0.6) is 0 Å². The molecule has 0 aliphatic carbocycles. The topological polar surface area (TPSA) is 71.4 Å². The fourth-order valence-corrected chi connectivity index (χ4v) is 3.48. The molecule has 0 amide bonds. The molecule has 6 nitrogen and oxygen atoms in total. The molecule has 4 rings (SSSR count). The van der Waals surface area contributed by atoms with Gasteiger partial charge in [-0.15, -0.1) is 0 Å². The van der Waals surface area contributed by atoms with Crippen LogP contribution in [0.25, 0.3) is 16.8 Å². The maximum atomic E-state index is 13.6. The second-order valence-electron chi connectivity index (χ2n) is 7.59. The minimum atomic E-state index is -4.78. The number of aromatic nitrogens is 3. The highest BCUT2D eigenvalue weighted by Gasteiger charge is 2.39. The van der Waals surface area contributed by atoms with Crippen LogP contribution in [-0.2, 0) is 30.2 Å². The molecule has 0 spiro atoms. The van der Waals surface area contributed by atoms with E-state index in [2.05, 4.69) is 15.4 Å². The smallest absolute Gasteiger partial charge is 0.362 e. The maximum Gasteiger partial charge on any atom is 0.435 e. The van der Waals surface area contributed by atoms with Crippen LogP contribution in [-0.4, -0.2) is 21.3 Å². The van der Waals surface area contributed by atoms with Crippen molar-refractivity contribution >= 4 is 5.65 Å². The summed E-state index contributed by atoms with van der Waals surface area (Å²) < 4.78 is 84.8. The lowest BCUT2D eigenvalue weighted by Gasteiger charge is -2.09. The summed E-state index contributed by atoms with van der Waals surface area (Å²) in [4.78, 5) is 15.3. The highest BCUT2D eigenvalue weighted by atomic mass is 19.4. The predicted molar refractivity (Wildman–Crippen MR) is 114 cm³/mol.